The monoisotopic (exact) mass is 227 g/mol. The number of furan rings is 1. The highest BCUT2D eigenvalue weighted by Gasteiger charge is 2.20. The summed E-state index contributed by atoms with van der Waals surface area (Å²) in [6, 6.07) is 3.62. The van der Waals surface area contributed by atoms with E-state index >= 15 is 0 Å². The third-order valence-electron chi connectivity index (χ3n) is 3.01. The van der Waals surface area contributed by atoms with Crippen LogP contribution in [0.3, 0.4) is 0 Å². The Morgan fingerprint density at radius 2 is 2.00 bits per heavy atom. The molecule has 1 atom stereocenters. The maximum atomic E-state index is 8.98. The standard InChI is InChI=1S/C12H21NO3/c1-3-12(2,6-7-14)13-8-10-4-5-11(9-15)16-10/h4-5,13-15H,3,6-9H2,1-2H3/t12-/m0/s1. The summed E-state index contributed by atoms with van der Waals surface area (Å²) in [6.07, 6.45) is 1.66. The van der Waals surface area contributed by atoms with Crippen LogP contribution in [0.25, 0.3) is 0 Å². The minimum Gasteiger partial charge on any atom is -0.462 e. The molecule has 0 aliphatic rings. The normalized spacial score (nSPS) is 15.0. The molecule has 0 radical (unpaired) electrons. The molecule has 0 bridgehead atoms. The van der Waals surface area contributed by atoms with Gasteiger partial charge >= 0.3 is 0 Å². The molecule has 0 aromatic carbocycles. The predicted octanol–water partition coefficient (Wildman–Crippen LogP) is 1.41. The zero-order chi connectivity index (χ0) is 12.0. The number of aliphatic hydroxyl groups is 2. The molecule has 16 heavy (non-hydrogen) atoms. The molecule has 1 rings (SSSR count). The Bertz CT molecular complexity index is 311. The molecular weight excluding hydrogens is 206 g/mol. The van der Waals surface area contributed by atoms with Gasteiger partial charge in [0.1, 0.15) is 18.1 Å². The van der Waals surface area contributed by atoms with E-state index in [1.54, 1.807) is 6.07 Å². The first-order valence-corrected chi connectivity index (χ1v) is 5.68. The van der Waals surface area contributed by atoms with Crippen molar-refractivity contribution in [3.63, 3.8) is 0 Å². The molecular formula is C12H21NO3. The third-order valence-corrected chi connectivity index (χ3v) is 3.01. The molecule has 3 N–H and O–H groups in total. The summed E-state index contributed by atoms with van der Waals surface area (Å²) in [5.41, 5.74) is -0.0685. The van der Waals surface area contributed by atoms with Crippen LogP contribution in [0.5, 0.6) is 0 Å². The first-order chi connectivity index (χ1) is 7.63. The molecule has 0 fully saturated rings. The molecule has 0 spiro atoms. The van der Waals surface area contributed by atoms with Gasteiger partial charge in [0.15, 0.2) is 0 Å². The fourth-order valence-electron chi connectivity index (χ4n) is 1.54. The van der Waals surface area contributed by atoms with E-state index in [0.717, 1.165) is 18.6 Å². The molecule has 4 heteroatoms. The first-order valence-electron chi connectivity index (χ1n) is 5.68. The Morgan fingerprint density at radius 3 is 2.50 bits per heavy atom. The van der Waals surface area contributed by atoms with Crippen molar-refractivity contribution in [2.75, 3.05) is 6.61 Å². The van der Waals surface area contributed by atoms with E-state index in [1.165, 1.54) is 0 Å². The molecule has 1 heterocycles. The number of aliphatic hydroxyl groups excluding tert-OH is 2. The van der Waals surface area contributed by atoms with Gasteiger partial charge in [-0.15, -0.1) is 0 Å². The predicted molar refractivity (Wildman–Crippen MR) is 61.9 cm³/mol. The van der Waals surface area contributed by atoms with Gasteiger partial charge in [0.25, 0.3) is 0 Å². The molecule has 0 unspecified atom stereocenters. The van der Waals surface area contributed by atoms with E-state index in [1.807, 2.05) is 6.07 Å². The molecule has 1 aromatic rings. The summed E-state index contributed by atoms with van der Waals surface area (Å²) >= 11 is 0. The summed E-state index contributed by atoms with van der Waals surface area (Å²) in [6.45, 7) is 4.90. The molecule has 0 amide bonds. The highest BCUT2D eigenvalue weighted by atomic mass is 16.4. The van der Waals surface area contributed by atoms with E-state index in [9.17, 15) is 0 Å². The van der Waals surface area contributed by atoms with Crippen molar-refractivity contribution in [2.24, 2.45) is 0 Å². The van der Waals surface area contributed by atoms with Gasteiger partial charge in [0.2, 0.25) is 0 Å². The van der Waals surface area contributed by atoms with Crippen LogP contribution in [0.15, 0.2) is 16.5 Å². The van der Waals surface area contributed by atoms with E-state index in [2.05, 4.69) is 19.2 Å². The van der Waals surface area contributed by atoms with Gasteiger partial charge in [-0.1, -0.05) is 6.92 Å². The lowest BCUT2D eigenvalue weighted by Gasteiger charge is -2.28. The number of rotatable bonds is 7. The van der Waals surface area contributed by atoms with E-state index in [0.29, 0.717) is 12.3 Å². The van der Waals surface area contributed by atoms with E-state index in [-0.39, 0.29) is 18.8 Å². The molecule has 4 nitrogen and oxygen atoms in total. The van der Waals surface area contributed by atoms with E-state index < -0.39 is 0 Å². The summed E-state index contributed by atoms with van der Waals surface area (Å²) in [4.78, 5) is 0. The van der Waals surface area contributed by atoms with Crippen molar-refractivity contribution in [2.45, 2.75) is 45.4 Å². The van der Waals surface area contributed by atoms with Gasteiger partial charge in [0.05, 0.1) is 6.54 Å². The molecule has 0 saturated heterocycles. The van der Waals surface area contributed by atoms with E-state index in [4.69, 9.17) is 14.6 Å². The fourth-order valence-corrected chi connectivity index (χ4v) is 1.54. The van der Waals surface area contributed by atoms with Crippen molar-refractivity contribution >= 4 is 0 Å². The Kier molecular flexibility index (Phi) is 4.99. The van der Waals surface area contributed by atoms with Crippen molar-refractivity contribution in [1.29, 1.82) is 0 Å². The second-order valence-electron chi connectivity index (χ2n) is 4.27. The van der Waals surface area contributed by atoms with Crippen molar-refractivity contribution in [3.8, 4) is 0 Å². The minimum absolute atomic E-state index is 0.0678. The summed E-state index contributed by atoms with van der Waals surface area (Å²) in [5.74, 6) is 1.39. The van der Waals surface area contributed by atoms with Crippen LogP contribution in [-0.2, 0) is 13.2 Å². The minimum atomic E-state index is -0.0685. The van der Waals surface area contributed by atoms with Crippen molar-refractivity contribution < 1.29 is 14.6 Å². The molecule has 0 aliphatic carbocycles. The van der Waals surface area contributed by atoms with Crippen LogP contribution in [0, 0.1) is 0 Å². The van der Waals surface area contributed by atoms with Crippen LogP contribution in [0.2, 0.25) is 0 Å². The summed E-state index contributed by atoms with van der Waals surface area (Å²) in [5, 5.41) is 21.2. The zero-order valence-corrected chi connectivity index (χ0v) is 9.99. The molecule has 0 aliphatic heterocycles. The van der Waals surface area contributed by atoms with Gasteiger partial charge in [0, 0.05) is 12.1 Å². The average molecular weight is 227 g/mol. The van der Waals surface area contributed by atoms with Crippen LogP contribution in [0.1, 0.15) is 38.2 Å². The van der Waals surface area contributed by atoms with Gasteiger partial charge in [-0.25, -0.2) is 0 Å². The number of hydrogen-bond donors (Lipinski definition) is 3. The lowest BCUT2D eigenvalue weighted by atomic mass is 9.95. The van der Waals surface area contributed by atoms with Crippen molar-refractivity contribution in [1.82, 2.24) is 5.32 Å². The second-order valence-corrected chi connectivity index (χ2v) is 4.27. The van der Waals surface area contributed by atoms with Crippen LogP contribution >= 0.6 is 0 Å². The molecule has 92 valence electrons. The van der Waals surface area contributed by atoms with Gasteiger partial charge in [-0.05, 0) is 31.9 Å². The lowest BCUT2D eigenvalue weighted by Crippen LogP contribution is -2.41. The van der Waals surface area contributed by atoms with Crippen LogP contribution in [-0.4, -0.2) is 22.4 Å². The quantitative estimate of drug-likeness (QED) is 0.659. The SMILES string of the molecule is CC[C@@](C)(CCO)NCc1ccc(CO)o1. The maximum absolute atomic E-state index is 8.98. The lowest BCUT2D eigenvalue weighted by molar-refractivity contribution is 0.208. The van der Waals surface area contributed by atoms with Crippen LogP contribution in [0.4, 0.5) is 0 Å². The highest BCUT2D eigenvalue weighted by Crippen LogP contribution is 2.15. The Labute approximate surface area is 96.3 Å². The Hall–Kier alpha value is -0.840. The maximum Gasteiger partial charge on any atom is 0.129 e. The van der Waals surface area contributed by atoms with Gasteiger partial charge in [-0.2, -0.15) is 0 Å². The average Bonchev–Trinajstić information content (AvgIpc) is 2.75. The third kappa shape index (κ3) is 3.63. The zero-order valence-electron chi connectivity index (χ0n) is 9.99. The Morgan fingerprint density at radius 1 is 1.31 bits per heavy atom. The number of hydrogen-bond acceptors (Lipinski definition) is 4. The molecule has 0 saturated carbocycles. The Balaban J connectivity index is 2.48. The van der Waals surface area contributed by atoms with Gasteiger partial charge in [-0.3, -0.25) is 0 Å². The fraction of sp³-hybridized carbons (Fsp3) is 0.667. The summed E-state index contributed by atoms with van der Waals surface area (Å²) in [7, 11) is 0. The topological polar surface area (TPSA) is 65.6 Å². The largest absolute Gasteiger partial charge is 0.462 e. The van der Waals surface area contributed by atoms with Crippen molar-refractivity contribution in [3.05, 3.63) is 23.7 Å². The highest BCUT2D eigenvalue weighted by molar-refractivity contribution is 5.06. The number of nitrogens with one attached hydrogen (secondary N) is 1. The van der Waals surface area contributed by atoms with Gasteiger partial charge < -0.3 is 19.9 Å². The molecule has 1 aromatic heterocycles. The second kappa shape index (κ2) is 6.03. The smallest absolute Gasteiger partial charge is 0.129 e. The first kappa shape index (κ1) is 13.2. The summed E-state index contributed by atoms with van der Waals surface area (Å²) < 4.78 is 5.38. The van der Waals surface area contributed by atoms with Crippen LogP contribution < -0.4 is 5.32 Å².